The van der Waals surface area contributed by atoms with Crippen LogP contribution in [0.5, 0.6) is 0 Å². The molecule has 0 spiro atoms. The van der Waals surface area contributed by atoms with Crippen molar-refractivity contribution in [1.82, 2.24) is 14.7 Å². The summed E-state index contributed by atoms with van der Waals surface area (Å²) >= 11 is 0. The molecule has 2 heterocycles. The van der Waals surface area contributed by atoms with Gasteiger partial charge in [0, 0.05) is 23.8 Å². The number of hydrogen-bond acceptors (Lipinski definition) is 2. The molecular weight excluding hydrogens is 322 g/mol. The third-order valence-electron chi connectivity index (χ3n) is 6.12. The number of amides is 1. The number of carbonyl (C=O) groups excluding carboxylic acids is 1. The Morgan fingerprint density at radius 1 is 1.00 bits per heavy atom. The van der Waals surface area contributed by atoms with Gasteiger partial charge < -0.3 is 4.90 Å². The molecule has 1 amide bonds. The lowest BCUT2D eigenvalue weighted by molar-refractivity contribution is 0.0661. The molecule has 0 N–H and O–H groups in total. The van der Waals surface area contributed by atoms with Crippen LogP contribution in [0.15, 0.2) is 30.3 Å². The minimum absolute atomic E-state index is 0.206. The van der Waals surface area contributed by atoms with Crippen LogP contribution < -0.4 is 0 Å². The smallest absolute Gasteiger partial charge is 0.254 e. The van der Waals surface area contributed by atoms with Crippen LogP contribution in [-0.2, 0) is 0 Å². The van der Waals surface area contributed by atoms with Gasteiger partial charge in [0.2, 0.25) is 0 Å². The Kier molecular flexibility index (Phi) is 4.84. The standard InChI is InChI=1S/C22H29N3O/c1-16-15-17(2)25(23-16)20-12-10-19(11-13-20)22(26)24-14-6-9-21(24)18-7-4-3-5-8-18/h10-13,15,18,21H,3-9,14H2,1-2H3. The zero-order valence-corrected chi connectivity index (χ0v) is 15.9. The molecule has 4 nitrogen and oxygen atoms in total. The Balaban J connectivity index is 1.51. The van der Waals surface area contributed by atoms with E-state index >= 15 is 0 Å². The van der Waals surface area contributed by atoms with Crippen molar-refractivity contribution in [3.05, 3.63) is 47.3 Å². The van der Waals surface area contributed by atoms with E-state index in [-0.39, 0.29) is 5.91 Å². The van der Waals surface area contributed by atoms with E-state index in [2.05, 4.69) is 23.0 Å². The minimum atomic E-state index is 0.206. The van der Waals surface area contributed by atoms with Crippen LogP contribution >= 0.6 is 0 Å². The van der Waals surface area contributed by atoms with Crippen molar-refractivity contribution >= 4 is 5.91 Å². The lowest BCUT2D eigenvalue weighted by Gasteiger charge is -2.34. The average molecular weight is 351 g/mol. The van der Waals surface area contributed by atoms with Crippen LogP contribution in [-0.4, -0.2) is 33.2 Å². The van der Waals surface area contributed by atoms with Crippen molar-refractivity contribution < 1.29 is 4.79 Å². The largest absolute Gasteiger partial charge is 0.335 e. The van der Waals surface area contributed by atoms with Crippen molar-refractivity contribution in [3.63, 3.8) is 0 Å². The number of aryl methyl sites for hydroxylation is 2. The summed E-state index contributed by atoms with van der Waals surface area (Å²) in [5.41, 5.74) is 3.93. The Morgan fingerprint density at radius 2 is 1.73 bits per heavy atom. The molecule has 1 unspecified atom stereocenters. The first kappa shape index (κ1) is 17.3. The maximum atomic E-state index is 13.1. The summed E-state index contributed by atoms with van der Waals surface area (Å²) in [6.45, 7) is 4.97. The SMILES string of the molecule is Cc1cc(C)n(-c2ccc(C(=O)N3CCCC3C3CCCCC3)cc2)n1. The third-order valence-corrected chi connectivity index (χ3v) is 6.12. The molecule has 2 fully saturated rings. The summed E-state index contributed by atoms with van der Waals surface area (Å²) in [5, 5.41) is 4.53. The lowest BCUT2D eigenvalue weighted by atomic mass is 9.83. The molecule has 1 aliphatic heterocycles. The fourth-order valence-electron chi connectivity index (χ4n) is 4.86. The van der Waals surface area contributed by atoms with Gasteiger partial charge in [-0.2, -0.15) is 5.10 Å². The molecule has 26 heavy (non-hydrogen) atoms. The molecule has 1 aromatic carbocycles. The highest BCUT2D eigenvalue weighted by Crippen LogP contribution is 2.35. The van der Waals surface area contributed by atoms with Gasteiger partial charge in [-0.1, -0.05) is 19.3 Å². The van der Waals surface area contributed by atoms with E-state index in [1.807, 2.05) is 35.9 Å². The van der Waals surface area contributed by atoms with Crippen molar-refractivity contribution in [2.24, 2.45) is 5.92 Å². The van der Waals surface area contributed by atoms with E-state index in [0.29, 0.717) is 12.0 Å². The first-order chi connectivity index (χ1) is 12.6. The quantitative estimate of drug-likeness (QED) is 0.806. The van der Waals surface area contributed by atoms with E-state index in [1.54, 1.807) is 0 Å². The molecule has 138 valence electrons. The molecule has 1 aromatic heterocycles. The summed E-state index contributed by atoms with van der Waals surface area (Å²) in [7, 11) is 0. The van der Waals surface area contributed by atoms with Crippen LogP contribution in [0.25, 0.3) is 5.69 Å². The van der Waals surface area contributed by atoms with Crippen molar-refractivity contribution in [1.29, 1.82) is 0 Å². The van der Waals surface area contributed by atoms with Crippen LogP contribution in [0, 0.1) is 19.8 Å². The van der Waals surface area contributed by atoms with Gasteiger partial charge in [-0.05, 0) is 75.8 Å². The van der Waals surface area contributed by atoms with Crippen molar-refractivity contribution in [2.75, 3.05) is 6.54 Å². The molecular formula is C22H29N3O. The zero-order chi connectivity index (χ0) is 18.1. The fourth-order valence-corrected chi connectivity index (χ4v) is 4.86. The van der Waals surface area contributed by atoms with E-state index in [9.17, 15) is 4.79 Å². The maximum absolute atomic E-state index is 13.1. The molecule has 2 aliphatic rings. The van der Waals surface area contributed by atoms with E-state index in [4.69, 9.17) is 0 Å². The van der Waals surface area contributed by atoms with Crippen molar-refractivity contribution in [2.45, 2.75) is 64.8 Å². The molecule has 1 aliphatic carbocycles. The number of aromatic nitrogens is 2. The van der Waals surface area contributed by atoms with Gasteiger partial charge in [0.1, 0.15) is 0 Å². The van der Waals surface area contributed by atoms with Crippen LogP contribution in [0.3, 0.4) is 0 Å². The van der Waals surface area contributed by atoms with Crippen molar-refractivity contribution in [3.8, 4) is 5.69 Å². The first-order valence-electron chi connectivity index (χ1n) is 10.1. The second-order valence-electron chi connectivity index (χ2n) is 7.99. The highest BCUT2D eigenvalue weighted by molar-refractivity contribution is 5.94. The molecule has 1 atom stereocenters. The fraction of sp³-hybridized carbons (Fsp3) is 0.545. The summed E-state index contributed by atoms with van der Waals surface area (Å²) in [6.07, 6.45) is 8.96. The third kappa shape index (κ3) is 3.29. The van der Waals surface area contributed by atoms with Gasteiger partial charge in [-0.15, -0.1) is 0 Å². The predicted octanol–water partition coefficient (Wildman–Crippen LogP) is 4.67. The summed E-state index contributed by atoms with van der Waals surface area (Å²) < 4.78 is 1.93. The Labute approximate surface area is 156 Å². The van der Waals surface area contributed by atoms with Gasteiger partial charge in [-0.25, -0.2) is 4.68 Å². The normalized spacial score (nSPS) is 21.3. The van der Waals surface area contributed by atoms with Gasteiger partial charge >= 0.3 is 0 Å². The molecule has 4 rings (SSSR count). The monoisotopic (exact) mass is 351 g/mol. The van der Waals surface area contributed by atoms with Crippen LogP contribution in [0.1, 0.15) is 66.7 Å². The second kappa shape index (κ2) is 7.26. The second-order valence-corrected chi connectivity index (χ2v) is 7.99. The van der Waals surface area contributed by atoms with Crippen LogP contribution in [0.2, 0.25) is 0 Å². The minimum Gasteiger partial charge on any atom is -0.335 e. The lowest BCUT2D eigenvalue weighted by Crippen LogP contribution is -2.40. The van der Waals surface area contributed by atoms with E-state index < -0.39 is 0 Å². The average Bonchev–Trinajstić information content (AvgIpc) is 3.28. The molecule has 1 saturated heterocycles. The highest BCUT2D eigenvalue weighted by Gasteiger charge is 2.35. The van der Waals surface area contributed by atoms with Crippen LogP contribution in [0.4, 0.5) is 0 Å². The zero-order valence-electron chi connectivity index (χ0n) is 15.9. The van der Waals surface area contributed by atoms with Gasteiger partial charge in [0.05, 0.1) is 11.4 Å². The molecule has 4 heteroatoms. The highest BCUT2D eigenvalue weighted by atomic mass is 16.2. The van der Waals surface area contributed by atoms with Gasteiger partial charge in [0.15, 0.2) is 0 Å². The molecule has 0 bridgehead atoms. The number of likely N-dealkylation sites (tertiary alicyclic amines) is 1. The number of carbonyl (C=O) groups is 1. The number of hydrogen-bond donors (Lipinski definition) is 0. The van der Waals surface area contributed by atoms with Gasteiger partial charge in [-0.3, -0.25) is 4.79 Å². The maximum Gasteiger partial charge on any atom is 0.254 e. The van der Waals surface area contributed by atoms with E-state index in [1.165, 1.54) is 38.5 Å². The molecule has 2 aromatic rings. The predicted molar refractivity (Wildman–Crippen MR) is 104 cm³/mol. The Hall–Kier alpha value is -2.10. The Bertz CT molecular complexity index is 771. The number of benzene rings is 1. The summed E-state index contributed by atoms with van der Waals surface area (Å²) in [5.74, 6) is 0.919. The van der Waals surface area contributed by atoms with Gasteiger partial charge in [0.25, 0.3) is 5.91 Å². The molecule has 0 radical (unpaired) electrons. The Morgan fingerprint density at radius 3 is 2.38 bits per heavy atom. The first-order valence-corrected chi connectivity index (χ1v) is 10.1. The molecule has 1 saturated carbocycles. The van der Waals surface area contributed by atoms with E-state index in [0.717, 1.165) is 35.6 Å². The summed E-state index contributed by atoms with van der Waals surface area (Å²) in [4.78, 5) is 15.3. The topological polar surface area (TPSA) is 38.1 Å². The number of rotatable bonds is 3. The number of nitrogens with zero attached hydrogens (tertiary/aromatic N) is 3. The summed E-state index contributed by atoms with van der Waals surface area (Å²) in [6, 6.07) is 10.5.